The van der Waals surface area contributed by atoms with Crippen molar-refractivity contribution in [1.82, 2.24) is 15.5 Å². The fraction of sp³-hybridized carbons (Fsp3) is 0.913. The molecule has 31 heavy (non-hydrogen) atoms. The van der Waals surface area contributed by atoms with E-state index in [9.17, 15) is 9.59 Å². The molecule has 0 fully saturated rings. The van der Waals surface area contributed by atoms with Gasteiger partial charge in [0.2, 0.25) is 11.8 Å². The van der Waals surface area contributed by atoms with E-state index in [1.807, 2.05) is 18.7 Å². The summed E-state index contributed by atoms with van der Waals surface area (Å²) < 4.78 is 16.7. The number of carbonyl (C=O) groups is 2. The molecule has 0 saturated carbocycles. The van der Waals surface area contributed by atoms with E-state index in [-0.39, 0.29) is 24.9 Å². The van der Waals surface area contributed by atoms with E-state index >= 15 is 0 Å². The first-order valence-corrected chi connectivity index (χ1v) is 11.8. The Morgan fingerprint density at radius 1 is 0.742 bits per heavy atom. The second-order valence-corrected chi connectivity index (χ2v) is 8.91. The number of nitrogens with zero attached hydrogens (tertiary/aromatic N) is 1. The lowest BCUT2D eigenvalue weighted by Crippen LogP contribution is -2.44. The SMILES string of the molecule is CCCNC(=O)CN(CCOCCOCCOCCCC(C)(C)C)CC(=O)NCCC. The molecule has 0 heterocycles. The van der Waals surface area contributed by atoms with Crippen LogP contribution in [0.5, 0.6) is 0 Å². The molecular formula is C23H47N3O5. The summed E-state index contributed by atoms with van der Waals surface area (Å²) in [4.78, 5) is 25.8. The smallest absolute Gasteiger partial charge is 0.234 e. The van der Waals surface area contributed by atoms with E-state index in [4.69, 9.17) is 14.2 Å². The maximum Gasteiger partial charge on any atom is 0.234 e. The van der Waals surface area contributed by atoms with Crippen LogP contribution < -0.4 is 10.6 Å². The Hall–Kier alpha value is -1.22. The minimum atomic E-state index is -0.0732. The van der Waals surface area contributed by atoms with Crippen LogP contribution in [-0.2, 0) is 23.8 Å². The minimum Gasteiger partial charge on any atom is -0.379 e. The lowest BCUT2D eigenvalue weighted by atomic mass is 9.91. The Balaban J connectivity index is 3.87. The highest BCUT2D eigenvalue weighted by Gasteiger charge is 2.14. The molecule has 0 atom stereocenters. The molecule has 0 aromatic rings. The van der Waals surface area contributed by atoms with Gasteiger partial charge in [0.15, 0.2) is 0 Å². The van der Waals surface area contributed by atoms with Crippen LogP contribution in [0.25, 0.3) is 0 Å². The maximum absolute atomic E-state index is 12.0. The van der Waals surface area contributed by atoms with Crippen molar-refractivity contribution in [2.75, 3.05) is 72.4 Å². The van der Waals surface area contributed by atoms with Crippen molar-refractivity contribution in [3.8, 4) is 0 Å². The van der Waals surface area contributed by atoms with Crippen LogP contribution in [-0.4, -0.2) is 89.1 Å². The molecule has 8 nitrogen and oxygen atoms in total. The average molecular weight is 446 g/mol. The molecule has 0 rings (SSSR count). The molecular weight excluding hydrogens is 398 g/mol. The van der Waals surface area contributed by atoms with E-state index in [1.165, 1.54) is 0 Å². The zero-order chi connectivity index (χ0) is 23.4. The predicted octanol–water partition coefficient (Wildman–Crippen LogP) is 2.22. The van der Waals surface area contributed by atoms with Gasteiger partial charge in [-0.3, -0.25) is 14.5 Å². The van der Waals surface area contributed by atoms with Crippen molar-refractivity contribution in [3.05, 3.63) is 0 Å². The third-order valence-corrected chi connectivity index (χ3v) is 4.39. The van der Waals surface area contributed by atoms with Gasteiger partial charge in [-0.2, -0.15) is 0 Å². The number of hydrogen-bond acceptors (Lipinski definition) is 6. The summed E-state index contributed by atoms with van der Waals surface area (Å²) >= 11 is 0. The van der Waals surface area contributed by atoms with Crippen LogP contribution in [0.2, 0.25) is 0 Å². The van der Waals surface area contributed by atoms with Gasteiger partial charge in [-0.25, -0.2) is 0 Å². The quantitative estimate of drug-likeness (QED) is 0.279. The number of ether oxygens (including phenoxy) is 3. The summed E-state index contributed by atoms with van der Waals surface area (Å²) in [7, 11) is 0. The van der Waals surface area contributed by atoms with Crippen LogP contribution in [0.15, 0.2) is 0 Å². The molecule has 2 amide bonds. The van der Waals surface area contributed by atoms with E-state index in [0.717, 1.165) is 32.3 Å². The summed E-state index contributed by atoms with van der Waals surface area (Å²) in [6, 6.07) is 0. The standard InChI is InChI=1S/C23H47N3O5/c1-6-10-24-21(27)19-26(20-22(28)25-11-7-2)12-14-30-16-18-31-17-15-29-13-8-9-23(3,4)5/h6-20H2,1-5H3,(H,24,27)(H,25,28). The lowest BCUT2D eigenvalue weighted by Gasteiger charge is -2.21. The van der Waals surface area contributed by atoms with Crippen LogP contribution >= 0.6 is 0 Å². The molecule has 0 radical (unpaired) electrons. The Kier molecular flexibility index (Phi) is 18.7. The fourth-order valence-corrected chi connectivity index (χ4v) is 2.70. The van der Waals surface area contributed by atoms with E-state index in [2.05, 4.69) is 31.4 Å². The molecule has 0 spiro atoms. The number of carbonyl (C=O) groups excluding carboxylic acids is 2. The van der Waals surface area contributed by atoms with Gasteiger partial charge in [-0.15, -0.1) is 0 Å². The van der Waals surface area contributed by atoms with Crippen molar-refractivity contribution < 1.29 is 23.8 Å². The summed E-state index contributed by atoms with van der Waals surface area (Å²) in [5.41, 5.74) is 0.353. The fourth-order valence-electron chi connectivity index (χ4n) is 2.70. The van der Waals surface area contributed by atoms with Crippen molar-refractivity contribution in [1.29, 1.82) is 0 Å². The van der Waals surface area contributed by atoms with Gasteiger partial charge >= 0.3 is 0 Å². The first kappa shape index (κ1) is 29.8. The van der Waals surface area contributed by atoms with Gasteiger partial charge < -0.3 is 24.8 Å². The second kappa shape index (κ2) is 19.5. The van der Waals surface area contributed by atoms with Crippen LogP contribution in [0.3, 0.4) is 0 Å². The normalized spacial score (nSPS) is 11.7. The van der Waals surface area contributed by atoms with Gasteiger partial charge in [-0.05, 0) is 31.1 Å². The van der Waals surface area contributed by atoms with Gasteiger partial charge in [0.05, 0.1) is 46.1 Å². The Labute approximate surface area is 189 Å². The molecule has 0 aliphatic carbocycles. The van der Waals surface area contributed by atoms with Crippen molar-refractivity contribution in [2.45, 2.75) is 60.3 Å². The number of hydrogen-bond donors (Lipinski definition) is 2. The molecule has 0 aromatic carbocycles. The molecule has 184 valence electrons. The largest absolute Gasteiger partial charge is 0.379 e. The van der Waals surface area contributed by atoms with Crippen LogP contribution in [0.1, 0.15) is 60.3 Å². The Bertz CT molecular complexity index is 433. The number of amides is 2. The topological polar surface area (TPSA) is 89.1 Å². The van der Waals surface area contributed by atoms with Gasteiger partial charge in [-0.1, -0.05) is 34.6 Å². The first-order chi connectivity index (χ1) is 14.8. The van der Waals surface area contributed by atoms with Gasteiger partial charge in [0.1, 0.15) is 0 Å². The highest BCUT2D eigenvalue weighted by atomic mass is 16.5. The van der Waals surface area contributed by atoms with Gasteiger partial charge in [0.25, 0.3) is 0 Å². The Morgan fingerprint density at radius 2 is 1.19 bits per heavy atom. The van der Waals surface area contributed by atoms with Crippen molar-refractivity contribution in [2.24, 2.45) is 5.41 Å². The zero-order valence-corrected chi connectivity index (χ0v) is 20.6. The van der Waals surface area contributed by atoms with E-state index < -0.39 is 0 Å². The molecule has 0 aliphatic heterocycles. The molecule has 0 aromatic heterocycles. The van der Waals surface area contributed by atoms with E-state index in [0.29, 0.717) is 58.1 Å². The summed E-state index contributed by atoms with van der Waals surface area (Å²) in [6.07, 6.45) is 3.98. The highest BCUT2D eigenvalue weighted by molar-refractivity contribution is 5.81. The maximum atomic E-state index is 12.0. The van der Waals surface area contributed by atoms with E-state index in [1.54, 1.807) is 0 Å². The summed E-state index contributed by atoms with van der Waals surface area (Å²) in [6.45, 7) is 16.2. The average Bonchev–Trinajstić information content (AvgIpc) is 2.70. The summed E-state index contributed by atoms with van der Waals surface area (Å²) in [5, 5.41) is 5.69. The molecule has 2 N–H and O–H groups in total. The summed E-state index contributed by atoms with van der Waals surface area (Å²) in [5.74, 6) is -0.146. The monoisotopic (exact) mass is 445 g/mol. The molecule has 0 saturated heterocycles. The number of rotatable bonds is 20. The lowest BCUT2D eigenvalue weighted by molar-refractivity contribution is -0.125. The van der Waals surface area contributed by atoms with Crippen LogP contribution in [0.4, 0.5) is 0 Å². The van der Waals surface area contributed by atoms with Crippen molar-refractivity contribution in [3.63, 3.8) is 0 Å². The van der Waals surface area contributed by atoms with Gasteiger partial charge in [0, 0.05) is 26.2 Å². The molecule has 0 bridgehead atoms. The van der Waals surface area contributed by atoms with Crippen LogP contribution in [0, 0.1) is 5.41 Å². The number of nitrogens with one attached hydrogen (secondary N) is 2. The second-order valence-electron chi connectivity index (χ2n) is 8.91. The third-order valence-electron chi connectivity index (χ3n) is 4.39. The highest BCUT2D eigenvalue weighted by Crippen LogP contribution is 2.20. The first-order valence-electron chi connectivity index (χ1n) is 11.8. The minimum absolute atomic E-state index is 0.0732. The Morgan fingerprint density at radius 3 is 1.65 bits per heavy atom. The molecule has 0 aliphatic rings. The molecule has 8 heteroatoms. The molecule has 0 unspecified atom stereocenters. The third kappa shape index (κ3) is 21.8. The predicted molar refractivity (Wildman–Crippen MR) is 124 cm³/mol. The zero-order valence-electron chi connectivity index (χ0n) is 20.6. The van der Waals surface area contributed by atoms with Crippen molar-refractivity contribution >= 4 is 11.8 Å².